The van der Waals surface area contributed by atoms with Crippen LogP contribution in [0.25, 0.3) is 10.2 Å². The number of rotatable bonds is 4. The maximum absolute atomic E-state index is 12.8. The van der Waals surface area contributed by atoms with Crippen molar-refractivity contribution in [1.29, 1.82) is 0 Å². The van der Waals surface area contributed by atoms with Gasteiger partial charge in [-0.25, -0.2) is 9.78 Å². The van der Waals surface area contributed by atoms with Gasteiger partial charge in [0.2, 0.25) is 5.91 Å². The Bertz CT molecular complexity index is 1020. The summed E-state index contributed by atoms with van der Waals surface area (Å²) in [7, 11) is 0. The molecule has 2 heterocycles. The molecule has 2 aromatic heterocycles. The van der Waals surface area contributed by atoms with Gasteiger partial charge in [-0.05, 0) is 26.0 Å². The first-order valence-electron chi connectivity index (χ1n) is 7.49. The van der Waals surface area contributed by atoms with Crippen LogP contribution in [0.2, 0.25) is 0 Å². The number of anilines is 1. The Morgan fingerprint density at radius 1 is 1.28 bits per heavy atom. The molecule has 0 saturated heterocycles. The number of fused-ring (bicyclic) bond motifs is 1. The zero-order valence-corrected chi connectivity index (χ0v) is 14.3. The molecule has 7 nitrogen and oxygen atoms in total. The number of aromatic nitrogens is 2. The highest BCUT2D eigenvalue weighted by Gasteiger charge is 2.23. The van der Waals surface area contributed by atoms with E-state index < -0.39 is 17.6 Å². The number of benzene rings is 1. The molecule has 1 atom stereocenters. The lowest BCUT2D eigenvalue weighted by molar-refractivity contribution is -0.118. The molecule has 0 fully saturated rings. The zero-order chi connectivity index (χ0) is 18.1. The van der Waals surface area contributed by atoms with Gasteiger partial charge in [0.25, 0.3) is 5.56 Å². The van der Waals surface area contributed by atoms with Crippen molar-refractivity contribution in [3.8, 4) is 0 Å². The van der Waals surface area contributed by atoms with Crippen LogP contribution >= 0.6 is 11.3 Å². The number of amides is 1. The van der Waals surface area contributed by atoms with E-state index in [1.807, 2.05) is 6.07 Å². The van der Waals surface area contributed by atoms with Crippen LogP contribution in [0.1, 0.15) is 29.1 Å². The van der Waals surface area contributed by atoms with E-state index >= 15 is 0 Å². The SMILES string of the molecule is Cc1nc2scc(C(=O)O)c2c(=O)n1C(C)C(=O)Nc1ccccc1. The topological polar surface area (TPSA) is 101 Å². The maximum Gasteiger partial charge on any atom is 0.337 e. The lowest BCUT2D eigenvalue weighted by atomic mass is 10.2. The maximum atomic E-state index is 12.8. The summed E-state index contributed by atoms with van der Waals surface area (Å²) in [6.45, 7) is 3.19. The predicted octanol–water partition coefficient (Wildman–Crippen LogP) is 2.66. The largest absolute Gasteiger partial charge is 0.478 e. The average molecular weight is 357 g/mol. The Morgan fingerprint density at radius 2 is 1.96 bits per heavy atom. The molecule has 3 rings (SSSR count). The number of thiophene rings is 1. The summed E-state index contributed by atoms with van der Waals surface area (Å²) in [4.78, 5) is 41.3. The minimum atomic E-state index is -1.19. The molecule has 0 aliphatic heterocycles. The number of hydrogen-bond donors (Lipinski definition) is 2. The van der Waals surface area contributed by atoms with Gasteiger partial charge in [-0.3, -0.25) is 14.2 Å². The van der Waals surface area contributed by atoms with E-state index in [0.29, 0.717) is 16.3 Å². The summed E-state index contributed by atoms with van der Waals surface area (Å²) < 4.78 is 1.22. The molecule has 0 radical (unpaired) electrons. The van der Waals surface area contributed by atoms with Crippen molar-refractivity contribution in [2.75, 3.05) is 5.32 Å². The lowest BCUT2D eigenvalue weighted by Crippen LogP contribution is -2.34. The Labute approximate surface area is 146 Å². The van der Waals surface area contributed by atoms with Crippen LogP contribution in [-0.2, 0) is 4.79 Å². The molecular formula is C17H15N3O4S. The van der Waals surface area contributed by atoms with E-state index in [0.717, 1.165) is 11.3 Å². The van der Waals surface area contributed by atoms with Gasteiger partial charge in [-0.15, -0.1) is 11.3 Å². The van der Waals surface area contributed by atoms with Crippen LogP contribution in [-0.4, -0.2) is 26.5 Å². The average Bonchev–Trinajstić information content (AvgIpc) is 2.99. The predicted molar refractivity (Wildman–Crippen MR) is 95.4 cm³/mol. The van der Waals surface area contributed by atoms with Gasteiger partial charge in [0.1, 0.15) is 16.7 Å². The van der Waals surface area contributed by atoms with Gasteiger partial charge in [-0.1, -0.05) is 18.2 Å². The van der Waals surface area contributed by atoms with Crippen LogP contribution in [0.4, 0.5) is 5.69 Å². The van der Waals surface area contributed by atoms with Crippen molar-refractivity contribution in [1.82, 2.24) is 9.55 Å². The van der Waals surface area contributed by atoms with Gasteiger partial charge in [-0.2, -0.15) is 0 Å². The summed E-state index contributed by atoms with van der Waals surface area (Å²) in [6.07, 6.45) is 0. The van der Waals surface area contributed by atoms with E-state index in [9.17, 15) is 19.5 Å². The number of nitrogens with zero attached hydrogens (tertiary/aromatic N) is 2. The number of carboxylic acid groups (broad SMARTS) is 1. The number of nitrogens with one attached hydrogen (secondary N) is 1. The van der Waals surface area contributed by atoms with Crippen LogP contribution in [0.5, 0.6) is 0 Å². The monoisotopic (exact) mass is 357 g/mol. The molecule has 0 saturated carbocycles. The fourth-order valence-corrected chi connectivity index (χ4v) is 3.55. The smallest absolute Gasteiger partial charge is 0.337 e. The highest BCUT2D eigenvalue weighted by atomic mass is 32.1. The summed E-state index contributed by atoms with van der Waals surface area (Å²) in [5.41, 5.74) is -0.0142. The number of carbonyl (C=O) groups is 2. The van der Waals surface area contributed by atoms with Crippen LogP contribution < -0.4 is 10.9 Å². The van der Waals surface area contributed by atoms with E-state index in [2.05, 4.69) is 10.3 Å². The van der Waals surface area contributed by atoms with Crippen LogP contribution in [0, 0.1) is 6.92 Å². The molecule has 0 aliphatic rings. The third-order valence-corrected chi connectivity index (χ3v) is 4.73. The lowest BCUT2D eigenvalue weighted by Gasteiger charge is -2.17. The molecule has 3 aromatic rings. The quantitative estimate of drug-likeness (QED) is 0.747. The van der Waals surface area contributed by atoms with E-state index in [1.54, 1.807) is 38.1 Å². The van der Waals surface area contributed by atoms with Gasteiger partial charge in [0.15, 0.2) is 0 Å². The molecule has 0 aliphatic carbocycles. The molecule has 25 heavy (non-hydrogen) atoms. The summed E-state index contributed by atoms with van der Waals surface area (Å²) in [6, 6.07) is 8.04. The molecule has 1 unspecified atom stereocenters. The molecule has 128 valence electrons. The summed E-state index contributed by atoms with van der Waals surface area (Å²) >= 11 is 1.10. The van der Waals surface area contributed by atoms with Crippen molar-refractivity contribution in [2.45, 2.75) is 19.9 Å². The van der Waals surface area contributed by atoms with Crippen molar-refractivity contribution >= 4 is 39.1 Å². The Hall–Kier alpha value is -3.00. The second kappa shape index (κ2) is 6.48. The number of carboxylic acids is 1. The van der Waals surface area contributed by atoms with Gasteiger partial charge in [0, 0.05) is 11.1 Å². The van der Waals surface area contributed by atoms with E-state index in [-0.39, 0.29) is 16.9 Å². The van der Waals surface area contributed by atoms with Gasteiger partial charge >= 0.3 is 5.97 Å². The van der Waals surface area contributed by atoms with Crippen molar-refractivity contribution in [2.24, 2.45) is 0 Å². The minimum Gasteiger partial charge on any atom is -0.478 e. The fraction of sp³-hybridized carbons (Fsp3) is 0.176. The molecular weight excluding hydrogens is 342 g/mol. The summed E-state index contributed by atoms with van der Waals surface area (Å²) in [5.74, 6) is -1.22. The zero-order valence-electron chi connectivity index (χ0n) is 13.5. The van der Waals surface area contributed by atoms with E-state index in [4.69, 9.17) is 0 Å². The minimum absolute atomic E-state index is 0.0301. The fourth-order valence-electron chi connectivity index (χ4n) is 2.60. The molecule has 1 aromatic carbocycles. The van der Waals surface area contributed by atoms with E-state index in [1.165, 1.54) is 9.95 Å². The third-order valence-electron chi connectivity index (χ3n) is 3.85. The number of para-hydroxylation sites is 1. The molecule has 1 amide bonds. The van der Waals surface area contributed by atoms with Crippen LogP contribution in [0.15, 0.2) is 40.5 Å². The van der Waals surface area contributed by atoms with Gasteiger partial charge in [0.05, 0.1) is 10.9 Å². The first-order chi connectivity index (χ1) is 11.9. The first-order valence-corrected chi connectivity index (χ1v) is 8.37. The highest BCUT2D eigenvalue weighted by Crippen LogP contribution is 2.23. The number of aryl methyl sites for hydroxylation is 1. The Kier molecular flexibility index (Phi) is 4.37. The first kappa shape index (κ1) is 16.8. The Balaban J connectivity index is 2.05. The van der Waals surface area contributed by atoms with Crippen molar-refractivity contribution < 1.29 is 14.7 Å². The molecule has 0 bridgehead atoms. The Morgan fingerprint density at radius 3 is 2.60 bits per heavy atom. The normalized spacial score (nSPS) is 12.1. The number of carbonyl (C=O) groups excluding carboxylic acids is 1. The highest BCUT2D eigenvalue weighted by molar-refractivity contribution is 7.17. The van der Waals surface area contributed by atoms with Crippen molar-refractivity contribution in [3.05, 3.63) is 57.5 Å². The number of hydrogen-bond acceptors (Lipinski definition) is 5. The standard InChI is InChI=1S/C17H15N3O4S/c1-9(14(21)19-11-6-4-3-5-7-11)20-10(2)18-15-13(16(20)22)12(8-25-15)17(23)24/h3-9H,1-2H3,(H,19,21)(H,23,24). The third kappa shape index (κ3) is 3.03. The number of aromatic carboxylic acids is 1. The second-order valence-corrected chi connectivity index (χ2v) is 6.36. The summed E-state index contributed by atoms with van der Waals surface area (Å²) in [5, 5.41) is 13.4. The van der Waals surface area contributed by atoms with Gasteiger partial charge < -0.3 is 10.4 Å². The molecule has 2 N–H and O–H groups in total. The van der Waals surface area contributed by atoms with Crippen molar-refractivity contribution in [3.63, 3.8) is 0 Å². The molecule has 8 heteroatoms. The molecule has 0 spiro atoms. The van der Waals surface area contributed by atoms with Crippen LogP contribution in [0.3, 0.4) is 0 Å². The second-order valence-electron chi connectivity index (χ2n) is 5.50.